The molecule has 1 aromatic heterocycles. The minimum absolute atomic E-state index is 0.0368. The molecule has 0 unspecified atom stereocenters. The number of amides is 2. The predicted octanol–water partition coefficient (Wildman–Crippen LogP) is 3.39. The molecule has 8 heteroatoms. The van der Waals surface area contributed by atoms with E-state index in [0.717, 1.165) is 5.69 Å². The van der Waals surface area contributed by atoms with E-state index in [-0.39, 0.29) is 23.9 Å². The maximum absolute atomic E-state index is 12.9. The van der Waals surface area contributed by atoms with Gasteiger partial charge in [0.25, 0.3) is 11.8 Å². The summed E-state index contributed by atoms with van der Waals surface area (Å²) in [5, 5.41) is 0. The Morgan fingerprint density at radius 3 is 2.03 bits per heavy atom. The van der Waals surface area contributed by atoms with Crippen molar-refractivity contribution in [3.8, 4) is 17.2 Å². The van der Waals surface area contributed by atoms with E-state index in [1.54, 1.807) is 41.0 Å². The Labute approximate surface area is 184 Å². The maximum Gasteiger partial charge on any atom is 0.340 e. The van der Waals surface area contributed by atoms with Gasteiger partial charge in [0, 0.05) is 23.5 Å². The fraction of sp³-hybridized carbons (Fsp3) is 0.208. The minimum atomic E-state index is -0.555. The molecule has 32 heavy (non-hydrogen) atoms. The zero-order valence-corrected chi connectivity index (χ0v) is 18.2. The zero-order chi connectivity index (χ0) is 23.0. The Kier molecular flexibility index (Phi) is 5.44. The van der Waals surface area contributed by atoms with Crippen molar-refractivity contribution in [2.75, 3.05) is 21.3 Å². The smallest absolute Gasteiger partial charge is 0.340 e. The van der Waals surface area contributed by atoms with Gasteiger partial charge in [0.1, 0.15) is 0 Å². The molecule has 0 spiro atoms. The highest BCUT2D eigenvalue weighted by atomic mass is 16.5. The third kappa shape index (κ3) is 3.30. The van der Waals surface area contributed by atoms with Gasteiger partial charge in [-0.15, -0.1) is 0 Å². The summed E-state index contributed by atoms with van der Waals surface area (Å²) in [6, 6.07) is 13.6. The summed E-state index contributed by atoms with van der Waals surface area (Å²) in [7, 11) is 4.28. The number of aryl methyl sites for hydroxylation is 1. The summed E-state index contributed by atoms with van der Waals surface area (Å²) >= 11 is 0. The van der Waals surface area contributed by atoms with Crippen LogP contribution in [0.4, 0.5) is 0 Å². The lowest BCUT2D eigenvalue weighted by Gasteiger charge is -2.20. The van der Waals surface area contributed by atoms with Crippen molar-refractivity contribution in [3.05, 3.63) is 76.6 Å². The molecule has 2 amide bonds. The Morgan fingerprint density at radius 2 is 1.47 bits per heavy atom. The van der Waals surface area contributed by atoms with E-state index in [9.17, 15) is 14.4 Å². The van der Waals surface area contributed by atoms with Crippen LogP contribution in [0.5, 0.6) is 11.5 Å². The molecule has 2 heterocycles. The average Bonchev–Trinajstić information content (AvgIpc) is 3.30. The number of aromatic nitrogens is 1. The molecular formula is C24H22N2O6. The predicted molar refractivity (Wildman–Crippen MR) is 116 cm³/mol. The van der Waals surface area contributed by atoms with E-state index in [1.165, 1.54) is 26.2 Å². The van der Waals surface area contributed by atoms with Crippen molar-refractivity contribution >= 4 is 17.8 Å². The summed E-state index contributed by atoms with van der Waals surface area (Å²) in [4.78, 5) is 39.5. The van der Waals surface area contributed by atoms with E-state index in [1.807, 2.05) is 19.1 Å². The Morgan fingerprint density at radius 1 is 0.875 bits per heavy atom. The van der Waals surface area contributed by atoms with E-state index in [4.69, 9.17) is 14.2 Å². The fourth-order valence-electron chi connectivity index (χ4n) is 3.93. The van der Waals surface area contributed by atoms with Crippen LogP contribution >= 0.6 is 0 Å². The van der Waals surface area contributed by atoms with Gasteiger partial charge in [0.15, 0.2) is 11.5 Å². The van der Waals surface area contributed by atoms with Crippen LogP contribution in [0.15, 0.2) is 48.5 Å². The van der Waals surface area contributed by atoms with Crippen LogP contribution in [0.2, 0.25) is 0 Å². The van der Waals surface area contributed by atoms with E-state index < -0.39 is 5.97 Å². The van der Waals surface area contributed by atoms with Gasteiger partial charge in [-0.2, -0.15) is 0 Å². The van der Waals surface area contributed by atoms with Crippen LogP contribution in [0.25, 0.3) is 5.69 Å². The van der Waals surface area contributed by atoms with Gasteiger partial charge in [-0.05, 0) is 31.2 Å². The van der Waals surface area contributed by atoms with Crippen molar-refractivity contribution in [3.63, 3.8) is 0 Å². The number of nitrogens with zero attached hydrogens (tertiary/aromatic N) is 2. The molecule has 0 atom stereocenters. The Hall–Kier alpha value is -4.07. The molecule has 4 rings (SSSR count). The van der Waals surface area contributed by atoms with Gasteiger partial charge in [0.05, 0.1) is 50.3 Å². The van der Waals surface area contributed by atoms with Gasteiger partial charge in [-0.1, -0.05) is 12.1 Å². The van der Waals surface area contributed by atoms with E-state index in [0.29, 0.717) is 34.0 Å². The van der Waals surface area contributed by atoms with Crippen molar-refractivity contribution in [2.45, 2.75) is 13.5 Å². The van der Waals surface area contributed by atoms with Gasteiger partial charge >= 0.3 is 5.97 Å². The van der Waals surface area contributed by atoms with Gasteiger partial charge in [-0.25, -0.2) is 4.79 Å². The van der Waals surface area contributed by atoms with Crippen LogP contribution in [0.3, 0.4) is 0 Å². The second kappa shape index (κ2) is 8.22. The number of imide groups is 1. The first kappa shape index (κ1) is 21.2. The maximum atomic E-state index is 12.9. The molecule has 0 saturated heterocycles. The number of ether oxygens (including phenoxy) is 3. The van der Waals surface area contributed by atoms with Crippen LogP contribution in [0.1, 0.15) is 42.5 Å². The number of hydrogen-bond acceptors (Lipinski definition) is 6. The van der Waals surface area contributed by atoms with Gasteiger partial charge in [-0.3, -0.25) is 14.5 Å². The van der Waals surface area contributed by atoms with Crippen LogP contribution in [-0.4, -0.2) is 48.6 Å². The molecule has 2 aromatic carbocycles. The second-order valence-electron chi connectivity index (χ2n) is 7.26. The topological polar surface area (TPSA) is 87.1 Å². The SMILES string of the molecule is COC(=O)c1cc(OC)c(OC)cc1-n1c(C)ccc1CN1C(=O)c2ccccc2C1=O. The Bertz CT molecular complexity index is 1210. The molecule has 0 bridgehead atoms. The summed E-state index contributed by atoms with van der Waals surface area (Å²) in [5.74, 6) is -0.452. The summed E-state index contributed by atoms with van der Waals surface area (Å²) in [6.45, 7) is 1.90. The third-order valence-electron chi connectivity index (χ3n) is 5.50. The summed E-state index contributed by atoms with van der Waals surface area (Å²) < 4.78 is 17.5. The first-order valence-electron chi connectivity index (χ1n) is 9.88. The highest BCUT2D eigenvalue weighted by Crippen LogP contribution is 2.35. The average molecular weight is 434 g/mol. The van der Waals surface area contributed by atoms with E-state index in [2.05, 4.69) is 0 Å². The molecule has 1 aliphatic heterocycles. The van der Waals surface area contributed by atoms with E-state index >= 15 is 0 Å². The van der Waals surface area contributed by atoms with Crippen molar-refractivity contribution in [1.82, 2.24) is 9.47 Å². The first-order valence-corrected chi connectivity index (χ1v) is 9.88. The molecule has 3 aromatic rings. The van der Waals surface area contributed by atoms with Gasteiger partial charge in [0.2, 0.25) is 0 Å². The zero-order valence-electron chi connectivity index (χ0n) is 18.2. The molecule has 8 nitrogen and oxygen atoms in total. The fourth-order valence-corrected chi connectivity index (χ4v) is 3.93. The standard InChI is InChI=1S/C24H22N2O6/c1-14-9-10-15(13-25-22(27)16-7-5-6-8-17(16)23(25)28)26(14)19-12-21(31-3)20(30-2)11-18(19)24(29)32-4/h5-12H,13H2,1-4H3. The van der Waals surface area contributed by atoms with Crippen molar-refractivity contribution in [2.24, 2.45) is 0 Å². The molecule has 0 N–H and O–H groups in total. The summed E-state index contributed by atoms with van der Waals surface area (Å²) in [5.41, 5.74) is 2.96. The van der Waals surface area contributed by atoms with Crippen LogP contribution in [-0.2, 0) is 11.3 Å². The number of carbonyl (C=O) groups excluding carboxylic acids is 3. The van der Waals surface area contributed by atoms with Crippen molar-refractivity contribution in [1.29, 1.82) is 0 Å². The molecular weight excluding hydrogens is 412 g/mol. The lowest BCUT2D eigenvalue weighted by atomic mass is 10.1. The quantitative estimate of drug-likeness (QED) is 0.437. The molecule has 164 valence electrons. The normalized spacial score (nSPS) is 12.7. The molecule has 1 aliphatic rings. The molecule has 0 fully saturated rings. The molecule has 0 saturated carbocycles. The third-order valence-corrected chi connectivity index (χ3v) is 5.50. The van der Waals surface area contributed by atoms with Crippen LogP contribution in [0, 0.1) is 6.92 Å². The number of fused-ring (bicyclic) bond motifs is 1. The number of carbonyl (C=O) groups is 3. The van der Waals surface area contributed by atoms with Crippen molar-refractivity contribution < 1.29 is 28.6 Å². The highest BCUT2D eigenvalue weighted by Gasteiger charge is 2.36. The largest absolute Gasteiger partial charge is 0.493 e. The number of methoxy groups -OCH3 is 3. The number of esters is 1. The number of hydrogen-bond donors (Lipinski definition) is 0. The monoisotopic (exact) mass is 434 g/mol. The molecule has 0 aliphatic carbocycles. The lowest BCUT2D eigenvalue weighted by Crippen LogP contribution is -2.30. The first-order chi connectivity index (χ1) is 15.4. The molecule has 0 radical (unpaired) electrons. The number of benzene rings is 2. The lowest BCUT2D eigenvalue weighted by molar-refractivity contribution is 0.0595. The van der Waals surface area contributed by atoms with Gasteiger partial charge < -0.3 is 18.8 Å². The minimum Gasteiger partial charge on any atom is -0.493 e. The summed E-state index contributed by atoms with van der Waals surface area (Å²) in [6.07, 6.45) is 0. The highest BCUT2D eigenvalue weighted by molar-refractivity contribution is 6.21. The Balaban J connectivity index is 1.82. The van der Waals surface area contributed by atoms with Crippen LogP contribution < -0.4 is 9.47 Å². The second-order valence-corrected chi connectivity index (χ2v) is 7.26. The number of rotatable bonds is 6.